The molecule has 1 aromatic heterocycles. The molecule has 0 aromatic carbocycles. The summed E-state index contributed by atoms with van der Waals surface area (Å²) >= 11 is 0. The number of hydrogen-bond donors (Lipinski definition) is 1. The first-order valence-corrected chi connectivity index (χ1v) is 8.63. The van der Waals surface area contributed by atoms with Gasteiger partial charge >= 0.3 is 0 Å². The first-order valence-electron chi connectivity index (χ1n) is 8.63. The number of aromatic nitrogens is 1. The van der Waals surface area contributed by atoms with E-state index in [-0.39, 0.29) is 0 Å². The van der Waals surface area contributed by atoms with Crippen molar-refractivity contribution in [3.05, 3.63) is 23.9 Å². The van der Waals surface area contributed by atoms with Crippen molar-refractivity contribution in [1.82, 2.24) is 9.88 Å². The van der Waals surface area contributed by atoms with E-state index in [0.29, 0.717) is 5.41 Å². The molecule has 21 heavy (non-hydrogen) atoms. The van der Waals surface area contributed by atoms with Gasteiger partial charge in [0.2, 0.25) is 0 Å². The number of pyridine rings is 1. The Kier molecular flexibility index (Phi) is 6.04. The lowest BCUT2D eigenvalue weighted by atomic mass is 9.74. The molecule has 118 valence electrons. The molecule has 0 aliphatic carbocycles. The molecular weight excluding hydrogens is 258 g/mol. The van der Waals surface area contributed by atoms with E-state index in [2.05, 4.69) is 49.2 Å². The summed E-state index contributed by atoms with van der Waals surface area (Å²) in [7, 11) is 0. The largest absolute Gasteiger partial charge is 0.370 e. The van der Waals surface area contributed by atoms with Crippen LogP contribution < -0.4 is 5.32 Å². The smallest absolute Gasteiger partial charge is 0.126 e. The highest BCUT2D eigenvalue weighted by Gasteiger charge is 2.31. The molecule has 1 aliphatic rings. The van der Waals surface area contributed by atoms with Gasteiger partial charge in [0.05, 0.1) is 5.69 Å². The van der Waals surface area contributed by atoms with Crippen LogP contribution in [-0.4, -0.2) is 29.5 Å². The lowest BCUT2D eigenvalue weighted by Gasteiger charge is -2.41. The predicted molar refractivity (Wildman–Crippen MR) is 90.5 cm³/mol. The molecule has 1 fully saturated rings. The Labute approximate surface area is 130 Å². The van der Waals surface area contributed by atoms with Crippen molar-refractivity contribution in [3.63, 3.8) is 0 Å². The summed E-state index contributed by atoms with van der Waals surface area (Å²) in [5.41, 5.74) is 1.80. The fraction of sp³-hybridized carbons (Fsp3) is 0.722. The van der Waals surface area contributed by atoms with E-state index in [1.54, 1.807) is 0 Å². The lowest BCUT2D eigenvalue weighted by molar-refractivity contribution is 0.0901. The Morgan fingerprint density at radius 3 is 2.48 bits per heavy atom. The van der Waals surface area contributed by atoms with Crippen molar-refractivity contribution in [2.75, 3.05) is 25.0 Å². The normalized spacial score (nSPS) is 18.6. The molecule has 3 nitrogen and oxygen atoms in total. The Morgan fingerprint density at radius 1 is 1.14 bits per heavy atom. The monoisotopic (exact) mass is 289 g/mol. The molecule has 1 N–H and O–H groups in total. The molecule has 2 rings (SSSR count). The zero-order valence-corrected chi connectivity index (χ0v) is 14.0. The molecular formula is C18H31N3. The fourth-order valence-corrected chi connectivity index (χ4v) is 3.29. The maximum Gasteiger partial charge on any atom is 0.126 e. The zero-order valence-electron chi connectivity index (χ0n) is 14.0. The second kappa shape index (κ2) is 7.79. The van der Waals surface area contributed by atoms with Gasteiger partial charge in [0.15, 0.2) is 0 Å². The van der Waals surface area contributed by atoms with Crippen LogP contribution in [0.2, 0.25) is 0 Å². The topological polar surface area (TPSA) is 28.2 Å². The molecule has 0 amide bonds. The molecule has 0 saturated carbocycles. The summed E-state index contributed by atoms with van der Waals surface area (Å²) in [5.74, 6) is 1.02. The summed E-state index contributed by atoms with van der Waals surface area (Å²) in [4.78, 5) is 7.29. The minimum atomic E-state index is 0.606. The summed E-state index contributed by atoms with van der Waals surface area (Å²) in [6.45, 7) is 11.3. The van der Waals surface area contributed by atoms with Crippen LogP contribution in [0.25, 0.3) is 0 Å². The molecule has 0 bridgehead atoms. The van der Waals surface area contributed by atoms with Gasteiger partial charge in [0.25, 0.3) is 0 Å². The number of hydrogen-bond acceptors (Lipinski definition) is 3. The van der Waals surface area contributed by atoms with Gasteiger partial charge in [0.1, 0.15) is 5.82 Å². The van der Waals surface area contributed by atoms with E-state index in [9.17, 15) is 0 Å². The van der Waals surface area contributed by atoms with Crippen LogP contribution in [0, 0.1) is 5.41 Å². The Hall–Kier alpha value is -1.09. The van der Waals surface area contributed by atoms with Crippen molar-refractivity contribution in [2.45, 2.75) is 59.4 Å². The predicted octanol–water partition coefficient (Wildman–Crippen LogP) is 4.31. The Balaban J connectivity index is 1.88. The molecule has 0 atom stereocenters. The third-order valence-corrected chi connectivity index (χ3v) is 5.17. The van der Waals surface area contributed by atoms with Gasteiger partial charge in [-0.15, -0.1) is 0 Å². The van der Waals surface area contributed by atoms with E-state index in [1.165, 1.54) is 44.5 Å². The SMILES string of the molecule is CCCNc1cccc(CN2CCC(CC)(CC)CC2)n1. The standard InChI is InChI=1S/C18H31N3/c1-4-12-19-17-9-7-8-16(20-17)15-21-13-10-18(5-2,6-3)11-14-21/h7-9H,4-6,10-15H2,1-3H3,(H,19,20). The number of likely N-dealkylation sites (tertiary alicyclic amines) is 1. The van der Waals surface area contributed by atoms with Gasteiger partial charge in [-0.2, -0.15) is 0 Å². The molecule has 1 aromatic rings. The molecule has 2 heterocycles. The lowest BCUT2D eigenvalue weighted by Crippen LogP contribution is -2.39. The number of piperidine rings is 1. The van der Waals surface area contributed by atoms with Gasteiger partial charge in [-0.1, -0.05) is 39.7 Å². The van der Waals surface area contributed by atoms with Crippen LogP contribution in [0.15, 0.2) is 18.2 Å². The summed E-state index contributed by atoms with van der Waals surface area (Å²) < 4.78 is 0. The average molecular weight is 289 g/mol. The number of anilines is 1. The maximum atomic E-state index is 4.73. The molecule has 0 spiro atoms. The van der Waals surface area contributed by atoms with Crippen molar-refractivity contribution in [3.8, 4) is 0 Å². The fourth-order valence-electron chi connectivity index (χ4n) is 3.29. The maximum absolute atomic E-state index is 4.73. The second-order valence-corrected chi connectivity index (χ2v) is 6.42. The molecule has 1 aliphatic heterocycles. The van der Waals surface area contributed by atoms with E-state index in [0.717, 1.165) is 25.3 Å². The first-order chi connectivity index (χ1) is 10.2. The van der Waals surface area contributed by atoms with Gasteiger partial charge in [-0.3, -0.25) is 4.90 Å². The van der Waals surface area contributed by atoms with Crippen molar-refractivity contribution in [2.24, 2.45) is 5.41 Å². The molecule has 0 radical (unpaired) electrons. The van der Waals surface area contributed by atoms with Crippen LogP contribution in [0.4, 0.5) is 5.82 Å². The summed E-state index contributed by atoms with van der Waals surface area (Å²) in [6.07, 6.45) is 6.47. The Morgan fingerprint density at radius 2 is 1.86 bits per heavy atom. The third kappa shape index (κ3) is 4.44. The highest BCUT2D eigenvalue weighted by atomic mass is 15.1. The average Bonchev–Trinajstić information content (AvgIpc) is 2.54. The zero-order chi connectivity index (χ0) is 15.1. The van der Waals surface area contributed by atoms with Crippen molar-refractivity contribution >= 4 is 5.82 Å². The highest BCUT2D eigenvalue weighted by molar-refractivity contribution is 5.35. The third-order valence-electron chi connectivity index (χ3n) is 5.17. The molecule has 0 unspecified atom stereocenters. The van der Waals surface area contributed by atoms with Gasteiger partial charge in [-0.05, 0) is 49.9 Å². The quantitative estimate of drug-likeness (QED) is 0.811. The minimum Gasteiger partial charge on any atom is -0.370 e. The van der Waals surface area contributed by atoms with Crippen LogP contribution >= 0.6 is 0 Å². The van der Waals surface area contributed by atoms with Crippen LogP contribution in [0.5, 0.6) is 0 Å². The minimum absolute atomic E-state index is 0.606. The Bertz CT molecular complexity index is 416. The van der Waals surface area contributed by atoms with Crippen LogP contribution in [-0.2, 0) is 6.54 Å². The van der Waals surface area contributed by atoms with E-state index in [1.807, 2.05) is 0 Å². The highest BCUT2D eigenvalue weighted by Crippen LogP contribution is 2.38. The molecule has 1 saturated heterocycles. The van der Waals surface area contributed by atoms with Gasteiger partial charge < -0.3 is 5.32 Å². The number of nitrogens with one attached hydrogen (secondary N) is 1. The van der Waals surface area contributed by atoms with Crippen molar-refractivity contribution in [1.29, 1.82) is 0 Å². The first kappa shape index (κ1) is 16.3. The second-order valence-electron chi connectivity index (χ2n) is 6.42. The van der Waals surface area contributed by atoms with Gasteiger partial charge in [-0.25, -0.2) is 4.98 Å². The van der Waals surface area contributed by atoms with E-state index >= 15 is 0 Å². The number of nitrogens with zero attached hydrogens (tertiary/aromatic N) is 2. The van der Waals surface area contributed by atoms with Crippen LogP contribution in [0.3, 0.4) is 0 Å². The van der Waals surface area contributed by atoms with E-state index in [4.69, 9.17) is 4.98 Å². The molecule has 3 heteroatoms. The van der Waals surface area contributed by atoms with Crippen molar-refractivity contribution < 1.29 is 0 Å². The summed E-state index contributed by atoms with van der Waals surface area (Å²) in [5, 5.41) is 3.37. The summed E-state index contributed by atoms with van der Waals surface area (Å²) in [6, 6.07) is 6.33. The van der Waals surface area contributed by atoms with Crippen LogP contribution in [0.1, 0.15) is 58.6 Å². The van der Waals surface area contributed by atoms with E-state index < -0.39 is 0 Å². The number of rotatable bonds is 7. The van der Waals surface area contributed by atoms with Gasteiger partial charge in [0, 0.05) is 13.1 Å².